The first kappa shape index (κ1) is 24.3. The van der Waals surface area contributed by atoms with Crippen molar-refractivity contribution in [3.05, 3.63) is 121 Å². The SMILES string of the molecule is CCn1c2ccc(-c3ccc4c(c3)c3ccccc3n4C)cc2c2cc(-c3ccc4c(c3)c3ccccc3n4C)ccc21. The highest BCUT2D eigenvalue weighted by Crippen LogP contribution is 2.38. The van der Waals surface area contributed by atoms with Gasteiger partial charge >= 0.3 is 0 Å². The molecule has 0 saturated heterocycles. The summed E-state index contributed by atoms with van der Waals surface area (Å²) in [6, 6.07) is 45.2. The van der Waals surface area contributed by atoms with Crippen molar-refractivity contribution in [3.8, 4) is 22.3 Å². The van der Waals surface area contributed by atoms with Gasteiger partial charge in [-0.2, -0.15) is 0 Å². The third-order valence-corrected chi connectivity index (χ3v) is 9.67. The molecule has 0 fully saturated rings. The highest BCUT2D eigenvalue weighted by molar-refractivity contribution is 6.13. The molecular weight excluding hydrogens is 522 g/mol. The maximum absolute atomic E-state index is 2.44. The lowest BCUT2D eigenvalue weighted by Crippen LogP contribution is -1.92. The van der Waals surface area contributed by atoms with E-state index in [0.29, 0.717) is 0 Å². The summed E-state index contributed by atoms with van der Waals surface area (Å²) in [7, 11) is 4.32. The Balaban J connectivity index is 1.23. The second kappa shape index (κ2) is 8.86. The van der Waals surface area contributed by atoms with Gasteiger partial charge in [0.05, 0.1) is 0 Å². The fourth-order valence-corrected chi connectivity index (χ4v) is 7.50. The number of aryl methyl sites for hydroxylation is 3. The van der Waals surface area contributed by atoms with Crippen LogP contribution < -0.4 is 0 Å². The van der Waals surface area contributed by atoms with E-state index in [9.17, 15) is 0 Å². The summed E-state index contributed by atoms with van der Waals surface area (Å²) in [5.74, 6) is 0. The van der Waals surface area contributed by atoms with Gasteiger partial charge in [-0.1, -0.05) is 60.7 Å². The lowest BCUT2D eigenvalue weighted by molar-refractivity contribution is 0.827. The predicted octanol–water partition coefficient (Wildman–Crippen LogP) is 10.4. The van der Waals surface area contributed by atoms with Crippen molar-refractivity contribution in [1.29, 1.82) is 0 Å². The molecule has 0 aliphatic heterocycles. The van der Waals surface area contributed by atoms with E-state index in [1.54, 1.807) is 0 Å². The van der Waals surface area contributed by atoms with Crippen LogP contribution in [0.5, 0.6) is 0 Å². The van der Waals surface area contributed by atoms with Gasteiger partial charge in [-0.3, -0.25) is 0 Å². The molecule has 0 amide bonds. The molecule has 0 aliphatic rings. The Morgan fingerprint density at radius 3 is 1.09 bits per heavy atom. The summed E-state index contributed by atoms with van der Waals surface area (Å²) in [5, 5.41) is 7.83. The number of nitrogens with zero attached hydrogens (tertiary/aromatic N) is 3. The van der Waals surface area contributed by atoms with Crippen LogP contribution >= 0.6 is 0 Å². The smallest absolute Gasteiger partial charge is 0.0491 e. The normalized spacial score (nSPS) is 12.2. The van der Waals surface area contributed by atoms with E-state index in [1.807, 2.05) is 0 Å². The number of hydrogen-bond donors (Lipinski definition) is 0. The molecular formula is C40H31N3. The van der Waals surface area contributed by atoms with Crippen LogP contribution in [-0.2, 0) is 20.6 Å². The molecule has 0 unspecified atom stereocenters. The summed E-state index contributed by atoms with van der Waals surface area (Å²) in [6.07, 6.45) is 0. The zero-order valence-corrected chi connectivity index (χ0v) is 24.6. The second-order valence-corrected chi connectivity index (χ2v) is 11.8. The van der Waals surface area contributed by atoms with Crippen LogP contribution in [-0.4, -0.2) is 13.7 Å². The highest BCUT2D eigenvalue weighted by atomic mass is 15.0. The third kappa shape index (κ3) is 3.36. The van der Waals surface area contributed by atoms with Crippen LogP contribution in [0.3, 0.4) is 0 Å². The fourth-order valence-electron chi connectivity index (χ4n) is 7.50. The topological polar surface area (TPSA) is 14.8 Å². The number of aromatic nitrogens is 3. The van der Waals surface area contributed by atoms with E-state index >= 15 is 0 Å². The molecule has 0 radical (unpaired) electrons. The number of benzene rings is 6. The molecule has 3 heterocycles. The van der Waals surface area contributed by atoms with Crippen LogP contribution in [0.25, 0.3) is 87.7 Å². The zero-order valence-electron chi connectivity index (χ0n) is 24.6. The van der Waals surface area contributed by atoms with Gasteiger partial charge < -0.3 is 13.7 Å². The average molecular weight is 554 g/mol. The molecule has 0 N–H and O–H groups in total. The minimum atomic E-state index is 0.933. The Kier molecular flexibility index (Phi) is 5.01. The van der Waals surface area contributed by atoms with Crippen molar-refractivity contribution < 1.29 is 0 Å². The first-order valence-corrected chi connectivity index (χ1v) is 15.1. The van der Waals surface area contributed by atoms with E-state index in [2.05, 4.69) is 156 Å². The Bertz CT molecular complexity index is 2390. The van der Waals surface area contributed by atoms with Gasteiger partial charge in [-0.25, -0.2) is 0 Å². The van der Waals surface area contributed by atoms with Gasteiger partial charge in [-0.05, 0) is 89.8 Å². The van der Waals surface area contributed by atoms with Crippen LogP contribution in [0.4, 0.5) is 0 Å². The molecule has 0 aliphatic carbocycles. The van der Waals surface area contributed by atoms with Gasteiger partial charge in [-0.15, -0.1) is 0 Å². The zero-order chi connectivity index (χ0) is 28.8. The molecule has 43 heavy (non-hydrogen) atoms. The molecule has 6 aromatic carbocycles. The average Bonchev–Trinajstić information content (AvgIpc) is 3.65. The van der Waals surface area contributed by atoms with Crippen LogP contribution in [0, 0.1) is 0 Å². The van der Waals surface area contributed by atoms with Crippen molar-refractivity contribution in [3.63, 3.8) is 0 Å². The molecule has 9 rings (SSSR count). The molecule has 0 atom stereocenters. The fraction of sp³-hybridized carbons (Fsp3) is 0.100. The molecule has 0 spiro atoms. The van der Waals surface area contributed by atoms with E-state index < -0.39 is 0 Å². The molecule has 3 aromatic heterocycles. The Labute approximate surface area is 249 Å². The van der Waals surface area contributed by atoms with Gasteiger partial charge in [0, 0.05) is 86.1 Å². The lowest BCUT2D eigenvalue weighted by Gasteiger charge is -2.06. The highest BCUT2D eigenvalue weighted by Gasteiger charge is 2.15. The molecule has 9 aromatic rings. The van der Waals surface area contributed by atoms with Gasteiger partial charge in [0.25, 0.3) is 0 Å². The Hall–Kier alpha value is -5.28. The molecule has 0 bridgehead atoms. The summed E-state index contributed by atoms with van der Waals surface area (Å²) in [6.45, 7) is 3.17. The minimum Gasteiger partial charge on any atom is -0.344 e. The summed E-state index contributed by atoms with van der Waals surface area (Å²) >= 11 is 0. The Morgan fingerprint density at radius 1 is 0.372 bits per heavy atom. The predicted molar refractivity (Wildman–Crippen MR) is 184 cm³/mol. The maximum atomic E-state index is 2.44. The van der Waals surface area contributed by atoms with E-state index in [4.69, 9.17) is 0 Å². The molecule has 206 valence electrons. The van der Waals surface area contributed by atoms with Crippen LogP contribution in [0.1, 0.15) is 6.92 Å². The number of para-hydroxylation sites is 2. The van der Waals surface area contributed by atoms with Crippen molar-refractivity contribution in [2.75, 3.05) is 0 Å². The molecule has 3 nitrogen and oxygen atoms in total. The summed E-state index contributed by atoms with van der Waals surface area (Å²) in [4.78, 5) is 0. The van der Waals surface area contributed by atoms with Crippen LogP contribution in [0.15, 0.2) is 121 Å². The maximum Gasteiger partial charge on any atom is 0.0491 e. The quantitative estimate of drug-likeness (QED) is 0.207. The summed E-state index contributed by atoms with van der Waals surface area (Å²) < 4.78 is 7.04. The minimum absolute atomic E-state index is 0.933. The van der Waals surface area contributed by atoms with E-state index in [-0.39, 0.29) is 0 Å². The van der Waals surface area contributed by atoms with Gasteiger partial charge in [0.15, 0.2) is 0 Å². The number of fused-ring (bicyclic) bond motifs is 9. The first-order chi connectivity index (χ1) is 21.1. The standard InChI is InChI=1S/C40H31N3/c1-4-43-39-19-15-27(25-13-17-37-31(21-25)29-9-5-7-11-35(29)41(37)2)23-33(39)34-24-28(16-20-40(34)43)26-14-18-38-32(22-26)30-10-6-8-12-36(30)42(38)3/h5-24H,4H2,1-3H3. The van der Waals surface area contributed by atoms with Crippen LogP contribution in [0.2, 0.25) is 0 Å². The molecule has 3 heteroatoms. The van der Waals surface area contributed by atoms with Gasteiger partial charge in [0.2, 0.25) is 0 Å². The van der Waals surface area contributed by atoms with E-state index in [0.717, 1.165) is 6.54 Å². The van der Waals surface area contributed by atoms with Crippen molar-refractivity contribution in [1.82, 2.24) is 13.7 Å². The van der Waals surface area contributed by atoms with Crippen molar-refractivity contribution >= 4 is 65.4 Å². The number of hydrogen-bond acceptors (Lipinski definition) is 0. The lowest BCUT2D eigenvalue weighted by atomic mass is 9.98. The van der Waals surface area contributed by atoms with Crippen molar-refractivity contribution in [2.24, 2.45) is 14.1 Å². The number of rotatable bonds is 3. The summed E-state index contributed by atoms with van der Waals surface area (Å²) in [5.41, 5.74) is 12.6. The molecule has 0 saturated carbocycles. The van der Waals surface area contributed by atoms with E-state index in [1.165, 1.54) is 87.7 Å². The van der Waals surface area contributed by atoms with Crippen molar-refractivity contribution in [2.45, 2.75) is 13.5 Å². The first-order valence-electron chi connectivity index (χ1n) is 15.1. The van der Waals surface area contributed by atoms with Gasteiger partial charge in [0.1, 0.15) is 0 Å². The second-order valence-electron chi connectivity index (χ2n) is 11.8. The monoisotopic (exact) mass is 553 g/mol. The third-order valence-electron chi connectivity index (χ3n) is 9.67. The largest absolute Gasteiger partial charge is 0.344 e. The Morgan fingerprint density at radius 2 is 0.698 bits per heavy atom.